The number of rotatable bonds is 5. The smallest absolute Gasteiger partial charge is 0.252 e. The van der Waals surface area contributed by atoms with Gasteiger partial charge in [0.2, 0.25) is 0 Å². The molecule has 1 N–H and O–H groups in total. The van der Waals surface area contributed by atoms with Gasteiger partial charge in [-0.2, -0.15) is 0 Å². The summed E-state index contributed by atoms with van der Waals surface area (Å²) in [5.41, 5.74) is 0.503. The maximum Gasteiger partial charge on any atom is 0.252 e. The molecule has 116 valence electrons. The first-order chi connectivity index (χ1) is 10.1. The van der Waals surface area contributed by atoms with Gasteiger partial charge in [0.25, 0.3) is 5.91 Å². The monoisotopic (exact) mass is 405 g/mol. The van der Waals surface area contributed by atoms with Crippen molar-refractivity contribution in [3.8, 4) is 0 Å². The van der Waals surface area contributed by atoms with Crippen LogP contribution in [0.2, 0.25) is 0 Å². The molecule has 5 heteroatoms. The third-order valence-corrected chi connectivity index (χ3v) is 4.82. The molecule has 1 saturated carbocycles. The predicted molar refractivity (Wildman–Crippen MR) is 88.8 cm³/mol. The van der Waals surface area contributed by atoms with Crippen LogP contribution >= 0.6 is 22.6 Å². The fraction of sp³-hybridized carbons (Fsp3) is 0.562. The van der Waals surface area contributed by atoms with Crippen LogP contribution in [0.4, 0.5) is 4.39 Å². The van der Waals surface area contributed by atoms with Crippen LogP contribution in [0.1, 0.15) is 43.0 Å². The average molecular weight is 405 g/mol. The molecule has 0 saturated heterocycles. The van der Waals surface area contributed by atoms with Crippen LogP contribution < -0.4 is 5.32 Å². The molecule has 1 fully saturated rings. The van der Waals surface area contributed by atoms with Crippen LogP contribution in [0.3, 0.4) is 0 Å². The van der Waals surface area contributed by atoms with Crippen molar-refractivity contribution in [1.29, 1.82) is 0 Å². The summed E-state index contributed by atoms with van der Waals surface area (Å²) >= 11 is 1.97. The molecule has 0 spiro atoms. The van der Waals surface area contributed by atoms with E-state index in [-0.39, 0.29) is 11.7 Å². The molecule has 1 aliphatic rings. The van der Waals surface area contributed by atoms with Crippen LogP contribution in [-0.4, -0.2) is 25.2 Å². The van der Waals surface area contributed by atoms with E-state index in [9.17, 15) is 9.18 Å². The Bertz CT molecular complexity index is 495. The molecule has 0 aromatic heterocycles. The van der Waals surface area contributed by atoms with E-state index in [1.54, 1.807) is 0 Å². The van der Waals surface area contributed by atoms with Crippen molar-refractivity contribution in [2.24, 2.45) is 5.92 Å². The lowest BCUT2D eigenvalue weighted by Crippen LogP contribution is -2.32. The highest BCUT2D eigenvalue weighted by molar-refractivity contribution is 14.1. The summed E-state index contributed by atoms with van der Waals surface area (Å²) in [6, 6.07) is 4.17. The lowest BCUT2D eigenvalue weighted by Gasteiger charge is -2.28. The Morgan fingerprint density at radius 1 is 1.43 bits per heavy atom. The van der Waals surface area contributed by atoms with Gasteiger partial charge in [-0.3, -0.25) is 4.79 Å². The number of hydrogen-bond acceptors (Lipinski definition) is 2. The molecule has 1 aromatic carbocycles. The number of amides is 1. The molecule has 3 nitrogen and oxygen atoms in total. The first-order valence-electron chi connectivity index (χ1n) is 7.43. The lowest BCUT2D eigenvalue weighted by atomic mass is 9.88. The van der Waals surface area contributed by atoms with Crippen molar-refractivity contribution in [1.82, 2.24) is 5.32 Å². The minimum absolute atomic E-state index is 0.181. The summed E-state index contributed by atoms with van der Waals surface area (Å²) < 4.78 is 19.5. The summed E-state index contributed by atoms with van der Waals surface area (Å²) in [5.74, 6) is 0.0951. The van der Waals surface area contributed by atoms with Gasteiger partial charge in [-0.1, -0.05) is 19.8 Å². The molecular formula is C16H21FINO2. The van der Waals surface area contributed by atoms with Crippen LogP contribution in [-0.2, 0) is 4.74 Å². The largest absolute Gasteiger partial charge is 0.376 e. The summed E-state index contributed by atoms with van der Waals surface area (Å²) in [5, 5.41) is 2.82. The molecule has 2 rings (SSSR count). The number of ether oxygens (including phenoxy) is 1. The zero-order valence-corrected chi connectivity index (χ0v) is 14.4. The summed E-state index contributed by atoms with van der Waals surface area (Å²) in [4.78, 5) is 12.0. The molecule has 1 aliphatic carbocycles. The zero-order valence-electron chi connectivity index (χ0n) is 12.2. The van der Waals surface area contributed by atoms with Crippen LogP contribution in [0, 0.1) is 15.3 Å². The molecule has 0 unspecified atom stereocenters. The van der Waals surface area contributed by atoms with E-state index in [2.05, 4.69) is 12.2 Å². The van der Waals surface area contributed by atoms with Crippen LogP contribution in [0.25, 0.3) is 0 Å². The molecule has 21 heavy (non-hydrogen) atoms. The Balaban J connectivity index is 1.74. The van der Waals surface area contributed by atoms with E-state index in [0.29, 0.717) is 34.3 Å². The van der Waals surface area contributed by atoms with E-state index in [0.717, 1.165) is 6.42 Å². The minimum Gasteiger partial charge on any atom is -0.376 e. The van der Waals surface area contributed by atoms with Gasteiger partial charge in [-0.25, -0.2) is 4.39 Å². The second-order valence-corrected chi connectivity index (χ2v) is 6.71. The Hall–Kier alpha value is -0.690. The summed E-state index contributed by atoms with van der Waals surface area (Å²) in [6.07, 6.45) is 5.19. The molecule has 0 aliphatic heterocycles. The Morgan fingerprint density at radius 2 is 2.19 bits per heavy atom. The lowest BCUT2D eigenvalue weighted by molar-refractivity contribution is -0.00294. The van der Waals surface area contributed by atoms with Crippen molar-refractivity contribution in [3.05, 3.63) is 33.1 Å². The third-order valence-electron chi connectivity index (χ3n) is 3.93. The fourth-order valence-corrected chi connectivity index (χ4v) is 3.40. The van der Waals surface area contributed by atoms with Gasteiger partial charge in [0.1, 0.15) is 5.82 Å². The van der Waals surface area contributed by atoms with Crippen molar-refractivity contribution in [2.75, 3.05) is 13.2 Å². The van der Waals surface area contributed by atoms with Crippen LogP contribution in [0.5, 0.6) is 0 Å². The molecule has 0 radical (unpaired) electrons. The van der Waals surface area contributed by atoms with Gasteiger partial charge in [0, 0.05) is 10.1 Å². The van der Waals surface area contributed by atoms with E-state index >= 15 is 0 Å². The maximum atomic E-state index is 13.0. The molecule has 0 heterocycles. The van der Waals surface area contributed by atoms with E-state index in [1.165, 1.54) is 37.5 Å². The number of benzene rings is 1. The van der Waals surface area contributed by atoms with Crippen molar-refractivity contribution in [3.63, 3.8) is 0 Å². The number of carbonyl (C=O) groups is 1. The topological polar surface area (TPSA) is 38.3 Å². The number of hydrogen-bond donors (Lipinski definition) is 1. The Morgan fingerprint density at radius 3 is 2.90 bits per heavy atom. The molecule has 0 bridgehead atoms. The van der Waals surface area contributed by atoms with E-state index < -0.39 is 0 Å². The van der Waals surface area contributed by atoms with Gasteiger partial charge in [0.15, 0.2) is 0 Å². The first-order valence-corrected chi connectivity index (χ1v) is 8.50. The van der Waals surface area contributed by atoms with Crippen molar-refractivity contribution in [2.45, 2.75) is 38.7 Å². The Labute approximate surface area is 138 Å². The molecule has 1 aromatic rings. The van der Waals surface area contributed by atoms with E-state index in [4.69, 9.17) is 4.74 Å². The summed E-state index contributed by atoms with van der Waals surface area (Å²) in [7, 11) is 0. The SMILES string of the molecule is C[C@H]1CCCC[C@@H]1OCCNC(=O)c1ccc(F)cc1I. The average Bonchev–Trinajstić information content (AvgIpc) is 2.45. The highest BCUT2D eigenvalue weighted by Gasteiger charge is 2.21. The van der Waals surface area contributed by atoms with Crippen molar-refractivity contribution >= 4 is 28.5 Å². The van der Waals surface area contributed by atoms with Gasteiger partial charge < -0.3 is 10.1 Å². The highest BCUT2D eigenvalue weighted by Crippen LogP contribution is 2.26. The number of halogens is 2. The van der Waals surface area contributed by atoms with Gasteiger partial charge in [0.05, 0.1) is 18.3 Å². The molecular weight excluding hydrogens is 384 g/mol. The second kappa shape index (κ2) is 8.08. The predicted octanol–water partition coefficient (Wildman–Crippen LogP) is 3.76. The molecule has 2 atom stereocenters. The third kappa shape index (κ3) is 4.92. The van der Waals surface area contributed by atoms with Gasteiger partial charge in [-0.15, -0.1) is 0 Å². The fourth-order valence-electron chi connectivity index (χ4n) is 2.67. The standard InChI is InChI=1S/C16H21FINO2/c1-11-4-2-3-5-15(11)21-9-8-19-16(20)13-7-6-12(17)10-14(13)18/h6-7,10-11,15H,2-5,8-9H2,1H3,(H,19,20)/t11-,15-/m0/s1. The minimum atomic E-state index is -0.328. The first kappa shape index (κ1) is 16.7. The van der Waals surface area contributed by atoms with Gasteiger partial charge >= 0.3 is 0 Å². The number of carbonyl (C=O) groups excluding carboxylic acids is 1. The van der Waals surface area contributed by atoms with E-state index in [1.807, 2.05) is 22.6 Å². The zero-order chi connectivity index (χ0) is 15.2. The van der Waals surface area contributed by atoms with Crippen LogP contribution in [0.15, 0.2) is 18.2 Å². The number of nitrogens with one attached hydrogen (secondary N) is 1. The Kier molecular flexibility index (Phi) is 6.41. The molecule has 1 amide bonds. The maximum absolute atomic E-state index is 13.0. The quantitative estimate of drug-likeness (QED) is 0.599. The summed E-state index contributed by atoms with van der Waals surface area (Å²) in [6.45, 7) is 3.23. The normalized spacial score (nSPS) is 22.0. The van der Waals surface area contributed by atoms with Gasteiger partial charge in [-0.05, 0) is 59.5 Å². The van der Waals surface area contributed by atoms with Crippen molar-refractivity contribution < 1.29 is 13.9 Å². The second-order valence-electron chi connectivity index (χ2n) is 5.55. The highest BCUT2D eigenvalue weighted by atomic mass is 127.